The van der Waals surface area contributed by atoms with Gasteiger partial charge in [0.15, 0.2) is 5.82 Å². The molecule has 1 aromatic heterocycles. The van der Waals surface area contributed by atoms with Crippen LogP contribution < -0.4 is 4.90 Å². The Morgan fingerprint density at radius 3 is 2.83 bits per heavy atom. The third-order valence-electron chi connectivity index (χ3n) is 3.28. The van der Waals surface area contributed by atoms with Crippen LogP contribution >= 0.6 is 15.9 Å². The molecule has 0 spiro atoms. The first-order chi connectivity index (χ1) is 8.49. The van der Waals surface area contributed by atoms with Crippen molar-refractivity contribution in [2.75, 3.05) is 11.9 Å². The van der Waals surface area contributed by atoms with Crippen molar-refractivity contribution in [3.05, 3.63) is 34.1 Å². The van der Waals surface area contributed by atoms with Crippen molar-refractivity contribution < 1.29 is 4.39 Å². The van der Waals surface area contributed by atoms with Crippen LogP contribution in [0.4, 0.5) is 10.1 Å². The van der Waals surface area contributed by atoms with Crippen molar-refractivity contribution in [2.45, 2.75) is 19.9 Å². The number of anilines is 1. The Morgan fingerprint density at radius 1 is 1.39 bits per heavy atom. The second-order valence-electron chi connectivity index (χ2n) is 4.47. The summed E-state index contributed by atoms with van der Waals surface area (Å²) in [5, 5.41) is 4.35. The highest BCUT2D eigenvalue weighted by Crippen LogP contribution is 2.41. The van der Waals surface area contributed by atoms with Crippen molar-refractivity contribution in [1.29, 1.82) is 0 Å². The number of halogens is 2. The van der Waals surface area contributed by atoms with E-state index < -0.39 is 0 Å². The molecular formula is C12H12BrFN4. The minimum Gasteiger partial charge on any atom is -0.362 e. The first-order valence-electron chi connectivity index (χ1n) is 5.65. The molecule has 0 aliphatic carbocycles. The molecule has 0 N–H and O–H groups in total. The van der Waals surface area contributed by atoms with Crippen molar-refractivity contribution in [3.63, 3.8) is 0 Å². The summed E-state index contributed by atoms with van der Waals surface area (Å²) >= 11 is 3.42. The van der Waals surface area contributed by atoms with Crippen molar-refractivity contribution in [2.24, 2.45) is 0 Å². The number of fused-ring (bicyclic) bond motifs is 3. The first kappa shape index (κ1) is 11.6. The third kappa shape index (κ3) is 1.48. The summed E-state index contributed by atoms with van der Waals surface area (Å²) < 4.78 is 16.0. The van der Waals surface area contributed by atoms with Gasteiger partial charge in [0.05, 0.1) is 17.4 Å². The van der Waals surface area contributed by atoms with Crippen molar-refractivity contribution >= 4 is 21.6 Å². The number of benzene rings is 1. The van der Waals surface area contributed by atoms with Crippen LogP contribution in [-0.2, 0) is 0 Å². The minimum atomic E-state index is -0.289. The monoisotopic (exact) mass is 310 g/mol. The summed E-state index contributed by atoms with van der Waals surface area (Å²) in [6, 6.07) is 3.05. The van der Waals surface area contributed by atoms with Crippen LogP contribution in [0.3, 0.4) is 0 Å². The Labute approximate surface area is 113 Å². The average molecular weight is 311 g/mol. The minimum absolute atomic E-state index is 0.0976. The van der Waals surface area contributed by atoms with Crippen LogP contribution in [0.25, 0.3) is 5.69 Å². The molecule has 94 valence electrons. The van der Waals surface area contributed by atoms with Gasteiger partial charge in [-0.2, -0.15) is 5.10 Å². The zero-order valence-corrected chi connectivity index (χ0v) is 11.9. The molecule has 2 aromatic rings. The maximum absolute atomic E-state index is 13.6. The summed E-state index contributed by atoms with van der Waals surface area (Å²) in [6.07, 6.45) is 0. The number of rotatable bonds is 0. The van der Waals surface area contributed by atoms with Crippen LogP contribution in [0.5, 0.6) is 0 Å². The molecule has 1 unspecified atom stereocenters. The predicted molar refractivity (Wildman–Crippen MR) is 70.6 cm³/mol. The lowest BCUT2D eigenvalue weighted by Gasteiger charge is -2.33. The summed E-state index contributed by atoms with van der Waals surface area (Å²) in [5.74, 6) is 1.24. The fraction of sp³-hybridized carbons (Fsp3) is 0.333. The second kappa shape index (κ2) is 3.78. The highest BCUT2D eigenvalue weighted by atomic mass is 79.9. The van der Waals surface area contributed by atoms with E-state index in [9.17, 15) is 4.39 Å². The summed E-state index contributed by atoms with van der Waals surface area (Å²) in [7, 11) is 1.97. The van der Waals surface area contributed by atoms with E-state index in [4.69, 9.17) is 0 Å². The molecule has 2 heterocycles. The van der Waals surface area contributed by atoms with Gasteiger partial charge in [0.25, 0.3) is 0 Å². The zero-order valence-electron chi connectivity index (χ0n) is 10.3. The number of hydrogen-bond donors (Lipinski definition) is 0. The fourth-order valence-corrected chi connectivity index (χ4v) is 3.01. The topological polar surface area (TPSA) is 34.0 Å². The lowest BCUT2D eigenvalue weighted by atomic mass is 10.1. The molecule has 1 aliphatic heterocycles. The largest absolute Gasteiger partial charge is 0.362 e. The second-order valence-corrected chi connectivity index (χ2v) is 5.33. The van der Waals surface area contributed by atoms with E-state index in [1.54, 1.807) is 4.68 Å². The maximum atomic E-state index is 13.6. The van der Waals surface area contributed by atoms with Gasteiger partial charge in [-0.05, 0) is 35.8 Å². The van der Waals surface area contributed by atoms with Crippen molar-refractivity contribution in [3.8, 4) is 5.69 Å². The van der Waals surface area contributed by atoms with Gasteiger partial charge in [-0.3, -0.25) is 0 Å². The normalized spacial score (nSPS) is 17.6. The van der Waals surface area contributed by atoms with E-state index in [0.717, 1.165) is 21.7 Å². The van der Waals surface area contributed by atoms with E-state index in [1.807, 2.05) is 14.0 Å². The van der Waals surface area contributed by atoms with E-state index in [1.165, 1.54) is 12.1 Å². The van der Waals surface area contributed by atoms with Gasteiger partial charge in [0.2, 0.25) is 0 Å². The van der Waals surface area contributed by atoms with Gasteiger partial charge >= 0.3 is 0 Å². The van der Waals surface area contributed by atoms with Crippen LogP contribution in [-0.4, -0.2) is 21.8 Å². The molecule has 3 rings (SSSR count). The molecule has 4 nitrogen and oxygen atoms in total. The first-order valence-corrected chi connectivity index (χ1v) is 6.44. The molecule has 1 aromatic carbocycles. The van der Waals surface area contributed by atoms with Gasteiger partial charge in [-0.15, -0.1) is 0 Å². The molecule has 18 heavy (non-hydrogen) atoms. The van der Waals surface area contributed by atoms with E-state index >= 15 is 0 Å². The van der Waals surface area contributed by atoms with Crippen LogP contribution in [0.15, 0.2) is 16.6 Å². The molecule has 0 bridgehead atoms. The van der Waals surface area contributed by atoms with Crippen LogP contribution in [0.1, 0.15) is 24.6 Å². The standard InChI is InChI=1S/C12H12BrFN4/c1-6-12-15-7(2)16-18(12)10-5-8(14)4-9(13)11(10)17(6)3/h4-6H,1-3H3. The molecule has 0 saturated carbocycles. The van der Waals surface area contributed by atoms with Gasteiger partial charge in [-0.1, -0.05) is 0 Å². The molecule has 1 aliphatic rings. The van der Waals surface area contributed by atoms with E-state index in [2.05, 4.69) is 37.8 Å². The molecule has 0 radical (unpaired) electrons. The van der Waals surface area contributed by atoms with Gasteiger partial charge in [-0.25, -0.2) is 14.1 Å². The van der Waals surface area contributed by atoms with E-state index in [-0.39, 0.29) is 11.9 Å². The highest BCUT2D eigenvalue weighted by Gasteiger charge is 2.30. The Balaban J connectivity index is 2.36. The number of aromatic nitrogens is 3. The lowest BCUT2D eigenvalue weighted by molar-refractivity contribution is 0.600. The molecule has 0 saturated heterocycles. The quantitative estimate of drug-likeness (QED) is 0.750. The number of hydrogen-bond acceptors (Lipinski definition) is 3. The van der Waals surface area contributed by atoms with Gasteiger partial charge < -0.3 is 4.90 Å². The molecular weight excluding hydrogens is 299 g/mol. The lowest BCUT2D eigenvalue weighted by Crippen LogP contribution is -2.30. The molecule has 0 fully saturated rings. The van der Waals surface area contributed by atoms with Gasteiger partial charge in [0, 0.05) is 17.6 Å². The predicted octanol–water partition coefficient (Wildman–Crippen LogP) is 2.99. The van der Waals surface area contributed by atoms with Crippen LogP contribution in [0, 0.1) is 12.7 Å². The molecule has 0 amide bonds. The van der Waals surface area contributed by atoms with E-state index in [0.29, 0.717) is 5.82 Å². The SMILES string of the molecule is Cc1nc2n(n1)-c1cc(F)cc(Br)c1N(C)C2C. The maximum Gasteiger partial charge on any atom is 0.154 e. The number of nitrogens with zero attached hydrogens (tertiary/aromatic N) is 4. The highest BCUT2D eigenvalue weighted by molar-refractivity contribution is 9.10. The fourth-order valence-electron chi connectivity index (χ4n) is 2.31. The third-order valence-corrected chi connectivity index (χ3v) is 3.89. The Morgan fingerprint density at radius 2 is 2.11 bits per heavy atom. The molecule has 1 atom stereocenters. The zero-order chi connectivity index (χ0) is 13.0. The average Bonchev–Trinajstić information content (AvgIpc) is 2.67. The summed E-state index contributed by atoms with van der Waals surface area (Å²) in [6.45, 7) is 3.89. The molecule has 6 heteroatoms. The van der Waals surface area contributed by atoms with Gasteiger partial charge in [0.1, 0.15) is 11.6 Å². The summed E-state index contributed by atoms with van der Waals surface area (Å²) in [4.78, 5) is 6.49. The Hall–Kier alpha value is -1.43. The summed E-state index contributed by atoms with van der Waals surface area (Å²) in [5.41, 5.74) is 1.65. The van der Waals surface area contributed by atoms with Crippen LogP contribution in [0.2, 0.25) is 0 Å². The Bertz CT molecular complexity index is 637. The smallest absolute Gasteiger partial charge is 0.154 e. The van der Waals surface area contributed by atoms with Crippen molar-refractivity contribution in [1.82, 2.24) is 14.8 Å². The Kier molecular flexibility index (Phi) is 2.45. The number of aryl methyl sites for hydroxylation is 1.